The van der Waals surface area contributed by atoms with Crippen molar-refractivity contribution in [2.24, 2.45) is 5.92 Å². The minimum absolute atomic E-state index is 0.198. The number of hydrogen-bond donors (Lipinski definition) is 2. The molecule has 76 valence electrons. The van der Waals surface area contributed by atoms with Crippen LogP contribution in [0, 0.1) is 5.92 Å². The first-order chi connectivity index (χ1) is 6.22. The summed E-state index contributed by atoms with van der Waals surface area (Å²) in [5.74, 6) is 0.879. The van der Waals surface area contributed by atoms with E-state index in [1.165, 1.54) is 0 Å². The van der Waals surface area contributed by atoms with Gasteiger partial charge in [-0.3, -0.25) is 4.79 Å². The van der Waals surface area contributed by atoms with E-state index in [0.29, 0.717) is 18.4 Å². The minimum Gasteiger partial charge on any atom is -0.352 e. The highest BCUT2D eigenvalue weighted by atomic mass is 16.1. The molecule has 2 unspecified atom stereocenters. The van der Waals surface area contributed by atoms with Crippen LogP contribution in [0.4, 0.5) is 0 Å². The van der Waals surface area contributed by atoms with Crippen molar-refractivity contribution in [2.75, 3.05) is 13.1 Å². The van der Waals surface area contributed by atoms with Crippen molar-refractivity contribution in [3.05, 3.63) is 0 Å². The lowest BCUT2D eigenvalue weighted by Gasteiger charge is -2.28. The van der Waals surface area contributed by atoms with Crippen LogP contribution >= 0.6 is 0 Å². The summed E-state index contributed by atoms with van der Waals surface area (Å²) in [5.41, 5.74) is 0. The Balaban J connectivity index is 2.23. The van der Waals surface area contributed by atoms with E-state index in [1.54, 1.807) is 0 Å². The summed E-state index contributed by atoms with van der Waals surface area (Å²) in [4.78, 5) is 11.3. The standard InChI is InChI=1S/C10H20N2O/c1-3-4-10(13)12-9-5-8(2)6-11-7-9/h8-9,11H,3-7H2,1-2H3,(H,12,13). The quantitative estimate of drug-likeness (QED) is 0.684. The fourth-order valence-electron chi connectivity index (χ4n) is 1.79. The Morgan fingerprint density at radius 3 is 2.92 bits per heavy atom. The lowest BCUT2D eigenvalue weighted by atomic mass is 9.97. The van der Waals surface area contributed by atoms with E-state index in [4.69, 9.17) is 0 Å². The summed E-state index contributed by atoms with van der Waals surface area (Å²) in [6, 6.07) is 0.350. The summed E-state index contributed by atoms with van der Waals surface area (Å²) >= 11 is 0. The number of hydrogen-bond acceptors (Lipinski definition) is 2. The van der Waals surface area contributed by atoms with Crippen LogP contribution in [0.5, 0.6) is 0 Å². The van der Waals surface area contributed by atoms with Gasteiger partial charge in [-0.05, 0) is 25.3 Å². The van der Waals surface area contributed by atoms with Crippen LogP contribution in [0.25, 0.3) is 0 Å². The smallest absolute Gasteiger partial charge is 0.220 e. The second-order valence-electron chi connectivity index (χ2n) is 4.01. The second-order valence-corrected chi connectivity index (χ2v) is 4.01. The van der Waals surface area contributed by atoms with Crippen LogP contribution in [0.1, 0.15) is 33.1 Å². The van der Waals surface area contributed by atoms with Gasteiger partial charge in [-0.25, -0.2) is 0 Å². The molecule has 0 aromatic carbocycles. The summed E-state index contributed by atoms with van der Waals surface area (Å²) in [5, 5.41) is 6.37. The maximum Gasteiger partial charge on any atom is 0.220 e. The number of amides is 1. The van der Waals surface area contributed by atoms with Crippen molar-refractivity contribution < 1.29 is 4.79 Å². The van der Waals surface area contributed by atoms with Crippen LogP contribution in [-0.2, 0) is 4.79 Å². The fraction of sp³-hybridized carbons (Fsp3) is 0.900. The van der Waals surface area contributed by atoms with E-state index in [-0.39, 0.29) is 5.91 Å². The van der Waals surface area contributed by atoms with Crippen molar-refractivity contribution in [2.45, 2.75) is 39.2 Å². The van der Waals surface area contributed by atoms with Gasteiger partial charge in [0.15, 0.2) is 0 Å². The monoisotopic (exact) mass is 184 g/mol. The van der Waals surface area contributed by atoms with Crippen LogP contribution in [0.15, 0.2) is 0 Å². The number of rotatable bonds is 3. The molecule has 1 aliphatic heterocycles. The Hall–Kier alpha value is -0.570. The first-order valence-corrected chi connectivity index (χ1v) is 5.22. The van der Waals surface area contributed by atoms with E-state index in [0.717, 1.165) is 25.9 Å². The van der Waals surface area contributed by atoms with Crippen LogP contribution in [-0.4, -0.2) is 25.0 Å². The zero-order chi connectivity index (χ0) is 9.68. The first kappa shape index (κ1) is 10.5. The first-order valence-electron chi connectivity index (χ1n) is 5.22. The normalized spacial score (nSPS) is 28.5. The van der Waals surface area contributed by atoms with Gasteiger partial charge in [-0.2, -0.15) is 0 Å². The molecule has 0 saturated carbocycles. The molecule has 3 nitrogen and oxygen atoms in total. The predicted molar refractivity (Wildman–Crippen MR) is 53.5 cm³/mol. The Bertz CT molecular complexity index is 170. The molecule has 0 aliphatic carbocycles. The van der Waals surface area contributed by atoms with Gasteiger partial charge in [-0.1, -0.05) is 13.8 Å². The molecule has 0 radical (unpaired) electrons. The molecule has 3 heteroatoms. The second kappa shape index (κ2) is 5.22. The third kappa shape index (κ3) is 3.77. The van der Waals surface area contributed by atoms with Gasteiger partial charge >= 0.3 is 0 Å². The molecule has 1 heterocycles. The Morgan fingerprint density at radius 2 is 2.31 bits per heavy atom. The van der Waals surface area contributed by atoms with Crippen molar-refractivity contribution >= 4 is 5.91 Å². The maximum absolute atomic E-state index is 11.3. The predicted octanol–water partition coefficient (Wildman–Crippen LogP) is 0.901. The number of carbonyl (C=O) groups excluding carboxylic acids is 1. The molecular formula is C10H20N2O. The molecule has 1 saturated heterocycles. The molecule has 1 amide bonds. The molecule has 2 atom stereocenters. The molecule has 13 heavy (non-hydrogen) atoms. The largest absolute Gasteiger partial charge is 0.352 e. The maximum atomic E-state index is 11.3. The van der Waals surface area contributed by atoms with Crippen molar-refractivity contribution in [1.29, 1.82) is 0 Å². The average Bonchev–Trinajstić information content (AvgIpc) is 2.04. The SMILES string of the molecule is CCCC(=O)NC1CNCC(C)C1. The minimum atomic E-state index is 0.198. The van der Waals surface area contributed by atoms with Crippen LogP contribution < -0.4 is 10.6 Å². The van der Waals surface area contributed by atoms with Gasteiger partial charge in [0, 0.05) is 19.0 Å². The fourth-order valence-corrected chi connectivity index (χ4v) is 1.79. The van der Waals surface area contributed by atoms with E-state index >= 15 is 0 Å². The third-order valence-corrected chi connectivity index (χ3v) is 2.41. The van der Waals surface area contributed by atoms with Crippen LogP contribution in [0.3, 0.4) is 0 Å². The van der Waals surface area contributed by atoms with Crippen molar-refractivity contribution in [1.82, 2.24) is 10.6 Å². The summed E-state index contributed by atoms with van der Waals surface area (Å²) in [6.07, 6.45) is 2.70. The Labute approximate surface area is 80.3 Å². The van der Waals surface area contributed by atoms with Crippen molar-refractivity contribution in [3.63, 3.8) is 0 Å². The average molecular weight is 184 g/mol. The highest BCUT2D eigenvalue weighted by Gasteiger charge is 2.19. The zero-order valence-electron chi connectivity index (χ0n) is 8.60. The summed E-state index contributed by atoms with van der Waals surface area (Å²) < 4.78 is 0. The van der Waals surface area contributed by atoms with Gasteiger partial charge in [0.05, 0.1) is 0 Å². The number of carbonyl (C=O) groups is 1. The third-order valence-electron chi connectivity index (χ3n) is 2.41. The molecule has 2 N–H and O–H groups in total. The summed E-state index contributed by atoms with van der Waals surface area (Å²) in [6.45, 7) is 6.26. The molecule has 0 spiro atoms. The van der Waals surface area contributed by atoms with Gasteiger partial charge < -0.3 is 10.6 Å². The van der Waals surface area contributed by atoms with Gasteiger partial charge in [0.25, 0.3) is 0 Å². The van der Waals surface area contributed by atoms with Gasteiger partial charge in [-0.15, -0.1) is 0 Å². The molecule has 1 aliphatic rings. The molecule has 1 fully saturated rings. The van der Waals surface area contributed by atoms with Crippen molar-refractivity contribution in [3.8, 4) is 0 Å². The van der Waals surface area contributed by atoms with E-state index in [1.807, 2.05) is 6.92 Å². The highest BCUT2D eigenvalue weighted by molar-refractivity contribution is 5.76. The molecule has 1 rings (SSSR count). The molecular weight excluding hydrogens is 164 g/mol. The topological polar surface area (TPSA) is 41.1 Å². The zero-order valence-corrected chi connectivity index (χ0v) is 8.60. The van der Waals surface area contributed by atoms with E-state index in [2.05, 4.69) is 17.6 Å². The lowest BCUT2D eigenvalue weighted by Crippen LogP contribution is -2.48. The van der Waals surface area contributed by atoms with Gasteiger partial charge in [0.2, 0.25) is 5.91 Å². The lowest BCUT2D eigenvalue weighted by molar-refractivity contribution is -0.122. The summed E-state index contributed by atoms with van der Waals surface area (Å²) in [7, 11) is 0. The molecule has 0 aromatic rings. The molecule has 0 bridgehead atoms. The Morgan fingerprint density at radius 1 is 1.54 bits per heavy atom. The number of nitrogens with one attached hydrogen (secondary N) is 2. The highest BCUT2D eigenvalue weighted by Crippen LogP contribution is 2.09. The number of piperidine rings is 1. The van der Waals surface area contributed by atoms with E-state index < -0.39 is 0 Å². The van der Waals surface area contributed by atoms with Crippen LogP contribution in [0.2, 0.25) is 0 Å². The Kier molecular flexibility index (Phi) is 4.22. The molecule has 0 aromatic heterocycles. The van der Waals surface area contributed by atoms with E-state index in [9.17, 15) is 4.79 Å². The van der Waals surface area contributed by atoms with Gasteiger partial charge in [0.1, 0.15) is 0 Å².